The number of rotatable bonds is 9. The Morgan fingerprint density at radius 1 is 1.07 bits per heavy atom. The van der Waals surface area contributed by atoms with Crippen LogP contribution >= 0.6 is 11.6 Å². The van der Waals surface area contributed by atoms with Crippen molar-refractivity contribution in [3.63, 3.8) is 0 Å². The van der Waals surface area contributed by atoms with E-state index in [1.165, 1.54) is 5.56 Å². The fourth-order valence-electron chi connectivity index (χ4n) is 2.73. The average Bonchev–Trinajstić information content (AvgIpc) is 2.78. The smallest absolute Gasteiger partial charge is 0.257 e. The summed E-state index contributed by atoms with van der Waals surface area (Å²) in [5.41, 5.74) is 2.82. The molecule has 0 bridgehead atoms. The largest absolute Gasteiger partial charge is 0.495 e. The predicted molar refractivity (Wildman–Crippen MR) is 120 cm³/mol. The van der Waals surface area contributed by atoms with Crippen molar-refractivity contribution in [3.05, 3.63) is 88.9 Å². The van der Waals surface area contributed by atoms with Crippen LogP contribution in [0.1, 0.15) is 11.1 Å². The molecule has 1 N–H and O–H groups in total. The lowest BCUT2D eigenvalue weighted by atomic mass is 10.1. The van der Waals surface area contributed by atoms with E-state index in [1.54, 1.807) is 37.6 Å². The van der Waals surface area contributed by atoms with Crippen LogP contribution in [0.3, 0.4) is 0 Å². The molecule has 6 heteroatoms. The fourth-order valence-corrected chi connectivity index (χ4v) is 2.98. The normalized spacial score (nSPS) is 10.7. The van der Waals surface area contributed by atoms with Gasteiger partial charge in [0.25, 0.3) is 5.91 Å². The second kappa shape index (κ2) is 11.0. The number of nitrogens with zero attached hydrogens (tertiary/aromatic N) is 1. The Balaban J connectivity index is 1.43. The van der Waals surface area contributed by atoms with Crippen LogP contribution in [0.4, 0.5) is 5.69 Å². The SMILES string of the molecule is COc1ccc(N=Cc2ccc(OCC(=O)NCCc3ccccc3)cc2)cc1Cl. The number of carbonyl (C=O) groups excluding carboxylic acids is 1. The average molecular weight is 423 g/mol. The lowest BCUT2D eigenvalue weighted by Crippen LogP contribution is -2.30. The Hall–Kier alpha value is -3.31. The molecule has 0 unspecified atom stereocenters. The Morgan fingerprint density at radius 2 is 1.83 bits per heavy atom. The molecule has 3 aromatic rings. The third-order valence-corrected chi connectivity index (χ3v) is 4.62. The summed E-state index contributed by atoms with van der Waals surface area (Å²) in [6, 6.07) is 22.7. The van der Waals surface area contributed by atoms with Gasteiger partial charge in [-0.25, -0.2) is 0 Å². The minimum absolute atomic E-state index is 0.0213. The summed E-state index contributed by atoms with van der Waals surface area (Å²) in [7, 11) is 1.57. The van der Waals surface area contributed by atoms with Gasteiger partial charge in [-0.2, -0.15) is 0 Å². The van der Waals surface area contributed by atoms with E-state index in [4.69, 9.17) is 21.1 Å². The highest BCUT2D eigenvalue weighted by atomic mass is 35.5. The van der Waals surface area contributed by atoms with Crippen LogP contribution in [0.5, 0.6) is 11.5 Å². The number of ether oxygens (including phenoxy) is 2. The van der Waals surface area contributed by atoms with E-state index in [0.29, 0.717) is 23.1 Å². The lowest BCUT2D eigenvalue weighted by molar-refractivity contribution is -0.123. The molecule has 30 heavy (non-hydrogen) atoms. The molecule has 0 spiro atoms. The van der Waals surface area contributed by atoms with E-state index in [0.717, 1.165) is 17.7 Å². The first kappa shape index (κ1) is 21.4. The third-order valence-electron chi connectivity index (χ3n) is 4.33. The molecule has 1 amide bonds. The van der Waals surface area contributed by atoms with Crippen molar-refractivity contribution in [2.24, 2.45) is 4.99 Å². The van der Waals surface area contributed by atoms with Gasteiger partial charge >= 0.3 is 0 Å². The number of hydrogen-bond acceptors (Lipinski definition) is 4. The van der Waals surface area contributed by atoms with Crippen LogP contribution < -0.4 is 14.8 Å². The van der Waals surface area contributed by atoms with Crippen molar-refractivity contribution in [3.8, 4) is 11.5 Å². The van der Waals surface area contributed by atoms with Crippen LogP contribution in [0, 0.1) is 0 Å². The molecule has 154 valence electrons. The van der Waals surface area contributed by atoms with Gasteiger partial charge < -0.3 is 14.8 Å². The summed E-state index contributed by atoms with van der Waals surface area (Å²) >= 11 is 6.11. The van der Waals surface area contributed by atoms with Crippen LogP contribution in [0.2, 0.25) is 5.02 Å². The maximum Gasteiger partial charge on any atom is 0.257 e. The Labute approximate surface area is 181 Å². The predicted octanol–water partition coefficient (Wildman–Crippen LogP) is 4.84. The zero-order valence-corrected chi connectivity index (χ0v) is 17.4. The Kier molecular flexibility index (Phi) is 7.86. The number of methoxy groups -OCH3 is 1. The first-order valence-corrected chi connectivity index (χ1v) is 9.93. The van der Waals surface area contributed by atoms with Gasteiger partial charge in [-0.1, -0.05) is 41.9 Å². The molecular weight excluding hydrogens is 400 g/mol. The molecule has 0 aliphatic rings. The van der Waals surface area contributed by atoms with Crippen LogP contribution in [0.15, 0.2) is 77.8 Å². The van der Waals surface area contributed by atoms with Crippen LogP contribution in [0.25, 0.3) is 0 Å². The highest BCUT2D eigenvalue weighted by molar-refractivity contribution is 6.32. The fraction of sp³-hybridized carbons (Fsp3) is 0.167. The van der Waals surface area contributed by atoms with Gasteiger partial charge in [0.15, 0.2) is 6.61 Å². The van der Waals surface area contributed by atoms with E-state index in [-0.39, 0.29) is 12.5 Å². The molecule has 5 nitrogen and oxygen atoms in total. The third kappa shape index (κ3) is 6.64. The minimum atomic E-state index is -0.145. The van der Waals surface area contributed by atoms with E-state index in [9.17, 15) is 4.79 Å². The second-order valence-electron chi connectivity index (χ2n) is 6.52. The summed E-state index contributed by atoms with van der Waals surface area (Å²) < 4.78 is 10.7. The summed E-state index contributed by atoms with van der Waals surface area (Å²) in [6.45, 7) is 0.559. The first-order chi connectivity index (χ1) is 14.6. The standard InChI is InChI=1S/C24H23ClN2O3/c1-29-23-12-9-20(15-22(23)25)27-16-19-7-10-21(11-8-19)30-17-24(28)26-14-13-18-5-3-2-4-6-18/h2-12,15-16H,13-14,17H2,1H3,(H,26,28). The summed E-state index contributed by atoms with van der Waals surface area (Å²) in [5, 5.41) is 3.37. The highest BCUT2D eigenvalue weighted by Crippen LogP contribution is 2.28. The van der Waals surface area contributed by atoms with Gasteiger partial charge in [0.2, 0.25) is 0 Å². The molecule has 3 rings (SSSR count). The molecule has 0 heterocycles. The highest BCUT2D eigenvalue weighted by Gasteiger charge is 2.03. The van der Waals surface area contributed by atoms with Crippen molar-refractivity contribution in [1.82, 2.24) is 5.32 Å². The number of carbonyl (C=O) groups is 1. The lowest BCUT2D eigenvalue weighted by Gasteiger charge is -2.08. The molecule has 0 fully saturated rings. The molecule has 0 aliphatic carbocycles. The molecule has 0 aliphatic heterocycles. The van der Waals surface area contributed by atoms with Gasteiger partial charge in [-0.05, 0) is 60.0 Å². The summed E-state index contributed by atoms with van der Waals surface area (Å²) in [5.74, 6) is 1.09. The van der Waals surface area contributed by atoms with Crippen molar-refractivity contribution >= 4 is 29.4 Å². The molecule has 0 atom stereocenters. The van der Waals surface area contributed by atoms with E-state index in [1.807, 2.05) is 48.5 Å². The number of hydrogen-bond donors (Lipinski definition) is 1. The van der Waals surface area contributed by atoms with Gasteiger partial charge in [0.05, 0.1) is 17.8 Å². The first-order valence-electron chi connectivity index (χ1n) is 9.55. The second-order valence-corrected chi connectivity index (χ2v) is 6.93. The maximum atomic E-state index is 11.9. The van der Waals surface area contributed by atoms with Crippen LogP contribution in [-0.4, -0.2) is 32.4 Å². The zero-order valence-electron chi connectivity index (χ0n) is 16.7. The Bertz CT molecular complexity index is 989. The molecular formula is C24H23ClN2O3. The van der Waals surface area contributed by atoms with E-state index < -0.39 is 0 Å². The quantitative estimate of drug-likeness (QED) is 0.502. The van der Waals surface area contributed by atoms with Gasteiger partial charge in [-0.15, -0.1) is 0 Å². The number of halogens is 1. The molecule has 0 radical (unpaired) electrons. The number of amides is 1. The van der Waals surface area contributed by atoms with Crippen molar-refractivity contribution in [1.29, 1.82) is 0 Å². The topological polar surface area (TPSA) is 59.9 Å². The summed E-state index contributed by atoms with van der Waals surface area (Å²) in [6.07, 6.45) is 2.53. The minimum Gasteiger partial charge on any atom is -0.495 e. The molecule has 0 aromatic heterocycles. The number of aliphatic imine (C=N–C) groups is 1. The van der Waals surface area contributed by atoms with E-state index in [2.05, 4.69) is 10.3 Å². The van der Waals surface area contributed by atoms with Crippen molar-refractivity contribution < 1.29 is 14.3 Å². The number of nitrogens with one attached hydrogen (secondary N) is 1. The van der Waals surface area contributed by atoms with Crippen molar-refractivity contribution in [2.45, 2.75) is 6.42 Å². The molecule has 0 saturated heterocycles. The summed E-state index contributed by atoms with van der Waals surface area (Å²) in [4.78, 5) is 16.3. The van der Waals surface area contributed by atoms with E-state index >= 15 is 0 Å². The van der Waals surface area contributed by atoms with Crippen LogP contribution in [-0.2, 0) is 11.2 Å². The molecule has 3 aromatic carbocycles. The van der Waals surface area contributed by atoms with Gasteiger partial charge in [0.1, 0.15) is 11.5 Å². The number of benzene rings is 3. The Morgan fingerprint density at radius 3 is 2.53 bits per heavy atom. The van der Waals surface area contributed by atoms with Gasteiger partial charge in [-0.3, -0.25) is 9.79 Å². The monoisotopic (exact) mass is 422 g/mol. The maximum absolute atomic E-state index is 11.9. The van der Waals surface area contributed by atoms with Crippen molar-refractivity contribution in [2.75, 3.05) is 20.3 Å². The molecule has 0 saturated carbocycles. The zero-order chi connectivity index (χ0) is 21.2. The van der Waals surface area contributed by atoms with Gasteiger partial charge in [0, 0.05) is 12.8 Å².